The molecule has 17 heavy (non-hydrogen) atoms. The average Bonchev–Trinajstić information content (AvgIpc) is 2.68. The number of nitrogen functional groups attached to an aromatic ring is 1. The molecule has 1 aromatic heterocycles. The van der Waals surface area contributed by atoms with Gasteiger partial charge in [-0.25, -0.2) is 9.97 Å². The second-order valence-corrected chi connectivity index (χ2v) is 4.92. The van der Waals surface area contributed by atoms with Crippen molar-refractivity contribution < 1.29 is 0 Å². The maximum absolute atomic E-state index is 5.89. The van der Waals surface area contributed by atoms with Crippen LogP contribution in [0.2, 0.25) is 5.15 Å². The van der Waals surface area contributed by atoms with E-state index in [9.17, 15) is 0 Å². The van der Waals surface area contributed by atoms with Crippen molar-refractivity contribution in [1.82, 2.24) is 14.9 Å². The minimum Gasteiger partial charge on any atom is -0.393 e. The van der Waals surface area contributed by atoms with Crippen molar-refractivity contribution >= 4 is 23.1 Å². The van der Waals surface area contributed by atoms with Gasteiger partial charge in [-0.2, -0.15) is 0 Å². The molecule has 5 nitrogen and oxygen atoms in total. The summed E-state index contributed by atoms with van der Waals surface area (Å²) in [6.07, 6.45) is 3.93. The van der Waals surface area contributed by atoms with Gasteiger partial charge in [-0.05, 0) is 26.4 Å². The van der Waals surface area contributed by atoms with Crippen LogP contribution in [0.3, 0.4) is 0 Å². The molecule has 0 aromatic carbocycles. The highest BCUT2D eigenvalue weighted by Gasteiger charge is 2.23. The number of nitrogens with two attached hydrogens (primary N) is 1. The van der Waals surface area contributed by atoms with Crippen LogP contribution < -0.4 is 10.6 Å². The van der Waals surface area contributed by atoms with E-state index in [0.29, 0.717) is 22.7 Å². The molecule has 0 amide bonds. The van der Waals surface area contributed by atoms with Crippen molar-refractivity contribution in [3.63, 3.8) is 0 Å². The zero-order chi connectivity index (χ0) is 12.4. The number of likely N-dealkylation sites (N-methyl/N-ethyl adjacent to an activating group) is 2. The molecular weight excluding hydrogens is 238 g/mol. The number of aromatic nitrogens is 2. The highest BCUT2D eigenvalue weighted by Crippen LogP contribution is 2.26. The van der Waals surface area contributed by atoms with Crippen molar-refractivity contribution in [1.29, 1.82) is 0 Å². The smallest absolute Gasteiger partial charge is 0.157 e. The van der Waals surface area contributed by atoms with Gasteiger partial charge in [0.1, 0.15) is 12.0 Å². The first-order valence-corrected chi connectivity index (χ1v) is 6.14. The van der Waals surface area contributed by atoms with Gasteiger partial charge in [0.05, 0.1) is 0 Å². The molecule has 1 aliphatic rings. The molecule has 2 heterocycles. The Labute approximate surface area is 107 Å². The molecule has 2 N–H and O–H groups in total. The van der Waals surface area contributed by atoms with E-state index in [4.69, 9.17) is 17.3 Å². The first-order valence-electron chi connectivity index (χ1n) is 5.77. The molecule has 1 aliphatic heterocycles. The molecule has 0 radical (unpaired) electrons. The van der Waals surface area contributed by atoms with Gasteiger partial charge in [0.2, 0.25) is 0 Å². The fourth-order valence-electron chi connectivity index (χ4n) is 2.28. The van der Waals surface area contributed by atoms with Crippen LogP contribution in [0.4, 0.5) is 11.5 Å². The third kappa shape index (κ3) is 2.61. The van der Waals surface area contributed by atoms with Gasteiger partial charge in [0, 0.05) is 19.6 Å². The molecule has 6 heteroatoms. The van der Waals surface area contributed by atoms with Crippen molar-refractivity contribution in [3.05, 3.63) is 11.5 Å². The molecule has 0 saturated carbocycles. The highest BCUT2D eigenvalue weighted by atomic mass is 35.5. The average molecular weight is 256 g/mol. The topological polar surface area (TPSA) is 58.3 Å². The van der Waals surface area contributed by atoms with Crippen molar-refractivity contribution in [3.8, 4) is 0 Å². The molecule has 0 aliphatic carbocycles. The van der Waals surface area contributed by atoms with Crippen LogP contribution in [0, 0.1) is 0 Å². The Kier molecular flexibility index (Phi) is 3.69. The van der Waals surface area contributed by atoms with Crippen LogP contribution >= 0.6 is 11.6 Å². The summed E-state index contributed by atoms with van der Waals surface area (Å²) >= 11 is 5.89. The van der Waals surface area contributed by atoms with Crippen LogP contribution in [0.5, 0.6) is 0 Å². The van der Waals surface area contributed by atoms with Crippen LogP contribution in [-0.4, -0.2) is 48.1 Å². The summed E-state index contributed by atoms with van der Waals surface area (Å²) in [7, 11) is 4.14. The Morgan fingerprint density at radius 2 is 2.35 bits per heavy atom. The lowest BCUT2D eigenvalue weighted by atomic mass is 10.2. The van der Waals surface area contributed by atoms with Gasteiger partial charge in [-0.15, -0.1) is 0 Å². The first kappa shape index (κ1) is 12.4. The van der Waals surface area contributed by atoms with Gasteiger partial charge in [0.25, 0.3) is 0 Å². The molecule has 94 valence electrons. The summed E-state index contributed by atoms with van der Waals surface area (Å²) in [6.45, 7) is 2.08. The maximum atomic E-state index is 5.89. The van der Waals surface area contributed by atoms with Crippen LogP contribution in [0.15, 0.2) is 6.33 Å². The molecule has 0 spiro atoms. The van der Waals surface area contributed by atoms with Gasteiger partial charge in [-0.3, -0.25) is 0 Å². The van der Waals surface area contributed by atoms with Crippen LogP contribution in [-0.2, 0) is 0 Å². The van der Waals surface area contributed by atoms with Crippen LogP contribution in [0.25, 0.3) is 0 Å². The van der Waals surface area contributed by atoms with Gasteiger partial charge < -0.3 is 15.5 Å². The quantitative estimate of drug-likeness (QED) is 0.824. The minimum absolute atomic E-state index is 0.321. The summed E-state index contributed by atoms with van der Waals surface area (Å²) in [5, 5.41) is 0.321. The Morgan fingerprint density at radius 3 is 3.00 bits per heavy atom. The maximum Gasteiger partial charge on any atom is 0.157 e. The highest BCUT2D eigenvalue weighted by molar-refractivity contribution is 6.32. The zero-order valence-electron chi connectivity index (χ0n) is 10.2. The molecule has 0 bridgehead atoms. The Bertz CT molecular complexity index is 397. The molecular formula is C11H18ClN5. The number of anilines is 2. The predicted octanol–water partition coefficient (Wildman–Crippen LogP) is 1.24. The molecule has 1 fully saturated rings. The normalized spacial score (nSPS) is 20.8. The lowest BCUT2D eigenvalue weighted by Gasteiger charge is -2.27. The summed E-state index contributed by atoms with van der Waals surface area (Å²) in [4.78, 5) is 12.5. The summed E-state index contributed by atoms with van der Waals surface area (Å²) < 4.78 is 0. The predicted molar refractivity (Wildman–Crippen MR) is 70.4 cm³/mol. The van der Waals surface area contributed by atoms with E-state index in [1.807, 2.05) is 7.05 Å². The Hall–Kier alpha value is -1.07. The Morgan fingerprint density at radius 1 is 1.59 bits per heavy atom. The largest absolute Gasteiger partial charge is 0.393 e. The third-order valence-electron chi connectivity index (χ3n) is 3.33. The molecule has 2 rings (SSSR count). The lowest BCUT2D eigenvalue weighted by Crippen LogP contribution is -2.37. The van der Waals surface area contributed by atoms with Crippen molar-refractivity contribution in [2.24, 2.45) is 0 Å². The van der Waals surface area contributed by atoms with E-state index in [2.05, 4.69) is 26.8 Å². The van der Waals surface area contributed by atoms with Crippen molar-refractivity contribution in [2.45, 2.75) is 18.9 Å². The SMILES string of the molecule is CN(CC1CCCN1C)c1ncnc(Cl)c1N. The van der Waals surface area contributed by atoms with Crippen molar-refractivity contribution in [2.75, 3.05) is 37.8 Å². The molecule has 1 atom stereocenters. The number of hydrogen-bond acceptors (Lipinski definition) is 5. The minimum atomic E-state index is 0.321. The Balaban J connectivity index is 2.09. The second-order valence-electron chi connectivity index (χ2n) is 4.56. The number of halogens is 1. The summed E-state index contributed by atoms with van der Waals surface area (Å²) in [5.41, 5.74) is 6.34. The van der Waals surface area contributed by atoms with Gasteiger partial charge in [-0.1, -0.05) is 11.6 Å². The van der Waals surface area contributed by atoms with E-state index < -0.39 is 0 Å². The third-order valence-corrected chi connectivity index (χ3v) is 3.63. The van der Waals surface area contributed by atoms with E-state index in [1.165, 1.54) is 25.7 Å². The number of rotatable bonds is 3. The van der Waals surface area contributed by atoms with Crippen LogP contribution in [0.1, 0.15) is 12.8 Å². The zero-order valence-corrected chi connectivity index (χ0v) is 11.0. The fourth-order valence-corrected chi connectivity index (χ4v) is 2.41. The molecule has 1 saturated heterocycles. The molecule has 1 aromatic rings. The summed E-state index contributed by atoms with van der Waals surface area (Å²) in [5.74, 6) is 0.713. The summed E-state index contributed by atoms with van der Waals surface area (Å²) in [6, 6.07) is 0.563. The van der Waals surface area contributed by atoms with E-state index >= 15 is 0 Å². The van der Waals surface area contributed by atoms with E-state index in [-0.39, 0.29) is 0 Å². The number of likely N-dealkylation sites (tertiary alicyclic amines) is 1. The standard InChI is InChI=1S/C11H18ClN5/c1-16-5-3-4-8(16)6-17(2)11-9(13)10(12)14-7-15-11/h7-8H,3-6,13H2,1-2H3. The fraction of sp³-hybridized carbons (Fsp3) is 0.636. The number of nitrogens with zero attached hydrogens (tertiary/aromatic N) is 4. The number of hydrogen-bond donors (Lipinski definition) is 1. The van der Waals surface area contributed by atoms with Gasteiger partial charge >= 0.3 is 0 Å². The lowest BCUT2D eigenvalue weighted by molar-refractivity contribution is 0.314. The van der Waals surface area contributed by atoms with E-state index in [1.54, 1.807) is 0 Å². The van der Waals surface area contributed by atoms with Gasteiger partial charge in [0.15, 0.2) is 11.0 Å². The monoisotopic (exact) mass is 255 g/mol. The first-order chi connectivity index (χ1) is 8.09. The molecule has 1 unspecified atom stereocenters. The van der Waals surface area contributed by atoms with E-state index in [0.717, 1.165) is 6.54 Å². The second kappa shape index (κ2) is 5.06.